The smallest absolute Gasteiger partial charge is 0.276 e. The summed E-state index contributed by atoms with van der Waals surface area (Å²) in [5.41, 5.74) is 9.99. The van der Waals surface area contributed by atoms with Crippen LogP contribution in [0.1, 0.15) is 0 Å². The lowest BCUT2D eigenvalue weighted by molar-refractivity contribution is 1.08. The Morgan fingerprint density at radius 2 is 0.869 bits per heavy atom. The molecule has 5 aromatic heterocycles. The van der Waals surface area contributed by atoms with Crippen LogP contribution in [-0.4, -0.2) is 36.0 Å². The van der Waals surface area contributed by atoms with E-state index in [0.29, 0.717) is 0 Å². The van der Waals surface area contributed by atoms with Crippen LogP contribution in [-0.2, 0) is 0 Å². The standard InChI is InChI=1S/C54H36N6Si/c1-3-18-38(19-4-1)61(39-20-5-2-6-21-39,60-47-27-12-8-22-40(47)41-23-9-13-28-48(41)60)53-33-17-32-52(56-53)58-45-26-11-7-24-42(45)43-36-37(34-35-46(43)58)57-50-30-15-16-31-51(50)59-49-29-14-10-25-44(49)55-54(57)59/h1-36H. The fraction of sp³-hybridized carbons (Fsp3) is 0. The van der Waals surface area contributed by atoms with Crippen LogP contribution in [0.4, 0.5) is 0 Å². The summed E-state index contributed by atoms with van der Waals surface area (Å²) in [5, 5.41) is 8.40. The van der Waals surface area contributed by atoms with E-state index in [0.717, 1.165) is 61.1 Å². The molecule has 0 aliphatic heterocycles. The first kappa shape index (κ1) is 33.9. The van der Waals surface area contributed by atoms with Crippen LogP contribution in [0.5, 0.6) is 0 Å². The first-order chi connectivity index (χ1) is 30.3. The van der Waals surface area contributed by atoms with E-state index in [-0.39, 0.29) is 0 Å². The molecule has 0 aliphatic rings. The summed E-state index contributed by atoms with van der Waals surface area (Å²) in [5.74, 6) is 1.78. The van der Waals surface area contributed by atoms with Gasteiger partial charge in [0, 0.05) is 38.3 Å². The lowest BCUT2D eigenvalue weighted by Crippen LogP contribution is -2.73. The first-order valence-electron chi connectivity index (χ1n) is 20.8. The van der Waals surface area contributed by atoms with Gasteiger partial charge in [0.25, 0.3) is 8.24 Å². The topological polar surface area (TPSA) is 45.0 Å². The van der Waals surface area contributed by atoms with Gasteiger partial charge in [-0.2, -0.15) is 0 Å². The minimum absolute atomic E-state index is 0.884. The summed E-state index contributed by atoms with van der Waals surface area (Å²) >= 11 is 0. The fourth-order valence-electron chi connectivity index (χ4n) is 10.2. The van der Waals surface area contributed by atoms with Gasteiger partial charge in [-0.3, -0.25) is 13.5 Å². The van der Waals surface area contributed by atoms with Gasteiger partial charge in [0.15, 0.2) is 0 Å². The van der Waals surface area contributed by atoms with Crippen molar-refractivity contribution in [2.24, 2.45) is 0 Å². The number of aromatic nitrogens is 6. The fourth-order valence-corrected chi connectivity index (χ4v) is 14.9. The molecule has 0 spiro atoms. The number of benzene rings is 8. The summed E-state index contributed by atoms with van der Waals surface area (Å²) in [6, 6.07) is 79.1. The van der Waals surface area contributed by atoms with Crippen molar-refractivity contribution in [2.45, 2.75) is 0 Å². The number of pyridine rings is 1. The third-order valence-corrected chi connectivity index (χ3v) is 17.2. The first-order valence-corrected chi connectivity index (χ1v) is 22.7. The number of para-hydroxylation sites is 7. The van der Waals surface area contributed by atoms with Crippen LogP contribution >= 0.6 is 0 Å². The summed E-state index contributed by atoms with van der Waals surface area (Å²) in [6.45, 7) is 0. The van der Waals surface area contributed by atoms with E-state index in [4.69, 9.17) is 9.97 Å². The molecule has 0 unspecified atom stereocenters. The summed E-state index contributed by atoms with van der Waals surface area (Å²) in [6.07, 6.45) is 0. The van der Waals surface area contributed by atoms with Crippen LogP contribution in [0.3, 0.4) is 0 Å². The molecule has 0 N–H and O–H groups in total. The van der Waals surface area contributed by atoms with E-state index < -0.39 is 8.24 Å². The van der Waals surface area contributed by atoms with Gasteiger partial charge in [-0.25, -0.2) is 9.97 Å². The summed E-state index contributed by atoms with van der Waals surface area (Å²) < 4.78 is 9.59. The molecule has 0 amide bonds. The molecule has 8 aromatic carbocycles. The molecule has 286 valence electrons. The van der Waals surface area contributed by atoms with Crippen molar-refractivity contribution in [1.82, 2.24) is 27.7 Å². The molecule has 5 heterocycles. The average molecular weight is 797 g/mol. The van der Waals surface area contributed by atoms with Crippen molar-refractivity contribution >= 4 is 95.4 Å². The number of nitrogens with zero attached hydrogens (tertiary/aromatic N) is 6. The quantitative estimate of drug-likeness (QED) is 0.157. The molecule has 61 heavy (non-hydrogen) atoms. The molecule has 0 fully saturated rings. The number of fused-ring (bicyclic) bond motifs is 11. The van der Waals surface area contributed by atoms with Gasteiger partial charge >= 0.3 is 0 Å². The molecular weight excluding hydrogens is 761 g/mol. The molecule has 13 rings (SSSR count). The SMILES string of the molecule is c1ccc([Si](c2ccccc2)(c2cccc(-n3c4ccccc4c4cc(-n5c6ccccc6n6c7ccccc7nc56)ccc43)n2)n2c3ccccc3c3ccccc32)cc1. The Kier molecular flexibility index (Phi) is 7.23. The molecule has 6 nitrogen and oxygen atoms in total. The Bertz CT molecular complexity index is 3740. The predicted octanol–water partition coefficient (Wildman–Crippen LogP) is 10.5. The number of rotatable bonds is 6. The summed E-state index contributed by atoms with van der Waals surface area (Å²) in [7, 11) is -3.19. The molecule has 0 saturated carbocycles. The van der Waals surface area contributed by atoms with Crippen LogP contribution in [0.2, 0.25) is 0 Å². The van der Waals surface area contributed by atoms with E-state index in [2.05, 4.69) is 236 Å². The van der Waals surface area contributed by atoms with Crippen molar-refractivity contribution in [1.29, 1.82) is 0 Å². The molecule has 13 aromatic rings. The zero-order chi connectivity index (χ0) is 40.1. The molecular formula is C54H36N6Si. The highest BCUT2D eigenvalue weighted by Crippen LogP contribution is 2.36. The third-order valence-electron chi connectivity index (χ3n) is 12.7. The average Bonchev–Trinajstić information content (AvgIpc) is 4.06. The van der Waals surface area contributed by atoms with Gasteiger partial charge in [-0.1, -0.05) is 146 Å². The molecule has 0 bridgehead atoms. The van der Waals surface area contributed by atoms with Crippen molar-refractivity contribution < 1.29 is 0 Å². The van der Waals surface area contributed by atoms with Gasteiger partial charge in [0.05, 0.1) is 38.4 Å². The maximum Gasteiger partial charge on any atom is 0.276 e. The second-order valence-electron chi connectivity index (χ2n) is 15.8. The van der Waals surface area contributed by atoms with Gasteiger partial charge in [-0.05, 0) is 83.2 Å². The Balaban J connectivity index is 1.09. The van der Waals surface area contributed by atoms with Gasteiger partial charge in [0.2, 0.25) is 5.78 Å². The Hall–Kier alpha value is -8.00. The minimum Gasteiger partial charge on any atom is -0.354 e. The van der Waals surface area contributed by atoms with Crippen molar-refractivity contribution in [2.75, 3.05) is 0 Å². The normalized spacial score (nSPS) is 12.3. The number of imidazole rings is 2. The predicted molar refractivity (Wildman–Crippen MR) is 254 cm³/mol. The van der Waals surface area contributed by atoms with Crippen LogP contribution < -0.4 is 15.7 Å². The van der Waals surface area contributed by atoms with Crippen molar-refractivity contribution in [3.63, 3.8) is 0 Å². The van der Waals surface area contributed by atoms with E-state index in [9.17, 15) is 0 Å². The van der Waals surface area contributed by atoms with E-state index in [1.54, 1.807) is 0 Å². The zero-order valence-corrected chi connectivity index (χ0v) is 34.0. The van der Waals surface area contributed by atoms with Gasteiger partial charge in [-0.15, -0.1) is 0 Å². The highest BCUT2D eigenvalue weighted by Gasteiger charge is 2.46. The van der Waals surface area contributed by atoms with Crippen LogP contribution in [0, 0.1) is 0 Å². The van der Waals surface area contributed by atoms with E-state index in [1.807, 2.05) is 0 Å². The molecule has 7 heteroatoms. The van der Waals surface area contributed by atoms with Gasteiger partial charge in [0.1, 0.15) is 5.82 Å². The highest BCUT2D eigenvalue weighted by atomic mass is 28.3. The maximum atomic E-state index is 5.87. The van der Waals surface area contributed by atoms with Crippen LogP contribution in [0.15, 0.2) is 218 Å². The molecule has 0 saturated heterocycles. The lowest BCUT2D eigenvalue weighted by Gasteiger charge is -2.35. The number of hydrogen-bond donors (Lipinski definition) is 0. The molecule has 0 radical (unpaired) electrons. The number of hydrogen-bond acceptors (Lipinski definition) is 2. The second kappa shape index (κ2) is 13.0. The van der Waals surface area contributed by atoms with Crippen LogP contribution in [0.25, 0.3) is 83.0 Å². The molecule has 0 aliphatic carbocycles. The zero-order valence-electron chi connectivity index (χ0n) is 33.0. The maximum absolute atomic E-state index is 5.87. The summed E-state index contributed by atoms with van der Waals surface area (Å²) in [4.78, 5) is 11.1. The Morgan fingerprint density at radius 3 is 1.54 bits per heavy atom. The largest absolute Gasteiger partial charge is 0.354 e. The molecule has 0 atom stereocenters. The highest BCUT2D eigenvalue weighted by molar-refractivity contribution is 7.10. The monoisotopic (exact) mass is 796 g/mol. The van der Waals surface area contributed by atoms with Crippen molar-refractivity contribution in [3.05, 3.63) is 218 Å². The van der Waals surface area contributed by atoms with Gasteiger partial charge < -0.3 is 4.23 Å². The second-order valence-corrected chi connectivity index (χ2v) is 19.3. The minimum atomic E-state index is -3.19. The van der Waals surface area contributed by atoms with E-state index in [1.165, 1.54) is 37.6 Å². The van der Waals surface area contributed by atoms with Crippen molar-refractivity contribution in [3.8, 4) is 11.5 Å². The lowest BCUT2D eigenvalue weighted by atomic mass is 10.1. The Labute approximate surface area is 351 Å². The Morgan fingerprint density at radius 1 is 0.344 bits per heavy atom. The van der Waals surface area contributed by atoms with E-state index >= 15 is 0 Å². The third kappa shape index (κ3) is 4.72.